The Balaban J connectivity index is 2.03. The van der Waals surface area contributed by atoms with E-state index >= 15 is 0 Å². The lowest BCUT2D eigenvalue weighted by atomic mass is 9.97. The number of likely N-dealkylation sites (tertiary alicyclic amines) is 1. The van der Waals surface area contributed by atoms with Gasteiger partial charge in [0.1, 0.15) is 5.82 Å². The highest BCUT2D eigenvalue weighted by molar-refractivity contribution is 5.95. The molecule has 1 amide bonds. The number of carbonyl (C=O) groups excluding carboxylic acids is 1. The lowest BCUT2D eigenvalue weighted by Gasteiger charge is -2.31. The van der Waals surface area contributed by atoms with Crippen LogP contribution in [0.1, 0.15) is 28.9 Å². The molecule has 6 nitrogen and oxygen atoms in total. The number of nitrogens with two attached hydrogens (primary N) is 1. The largest absolute Gasteiger partial charge is 0.384 e. The van der Waals surface area contributed by atoms with Crippen LogP contribution in [0.5, 0.6) is 0 Å². The second kappa shape index (κ2) is 6.67. The average Bonchev–Trinajstić information content (AvgIpc) is 2.47. The van der Waals surface area contributed by atoms with Crippen LogP contribution in [0.4, 0.5) is 5.82 Å². The van der Waals surface area contributed by atoms with Gasteiger partial charge in [0, 0.05) is 38.1 Å². The SMILES string of the molecule is COCC1CCN(C(=O)c2cc(C)nc(NN)c2)CC1. The Labute approximate surface area is 119 Å². The maximum atomic E-state index is 12.5. The van der Waals surface area contributed by atoms with Gasteiger partial charge in [0.2, 0.25) is 0 Å². The molecule has 0 saturated carbocycles. The molecule has 0 spiro atoms. The number of aryl methyl sites for hydroxylation is 1. The number of nitrogens with zero attached hydrogens (tertiary/aromatic N) is 2. The first-order valence-corrected chi connectivity index (χ1v) is 6.87. The average molecular weight is 278 g/mol. The van der Waals surface area contributed by atoms with Gasteiger partial charge in [0.25, 0.3) is 5.91 Å². The van der Waals surface area contributed by atoms with Crippen molar-refractivity contribution in [1.29, 1.82) is 0 Å². The maximum Gasteiger partial charge on any atom is 0.254 e. The molecule has 110 valence electrons. The number of amides is 1. The third-order valence-corrected chi connectivity index (χ3v) is 3.65. The van der Waals surface area contributed by atoms with Gasteiger partial charge in [-0.1, -0.05) is 0 Å². The molecule has 6 heteroatoms. The van der Waals surface area contributed by atoms with E-state index in [0.717, 1.165) is 38.2 Å². The van der Waals surface area contributed by atoms with Gasteiger partial charge in [0.15, 0.2) is 0 Å². The highest BCUT2D eigenvalue weighted by atomic mass is 16.5. The van der Waals surface area contributed by atoms with Crippen molar-refractivity contribution in [3.63, 3.8) is 0 Å². The first-order valence-electron chi connectivity index (χ1n) is 6.87. The summed E-state index contributed by atoms with van der Waals surface area (Å²) in [7, 11) is 1.72. The van der Waals surface area contributed by atoms with E-state index in [2.05, 4.69) is 10.4 Å². The molecule has 1 aromatic rings. The molecule has 0 aromatic carbocycles. The van der Waals surface area contributed by atoms with Crippen LogP contribution >= 0.6 is 0 Å². The molecule has 0 unspecified atom stereocenters. The number of hydrogen-bond donors (Lipinski definition) is 2. The number of aromatic nitrogens is 1. The number of piperidine rings is 1. The third kappa shape index (κ3) is 3.46. The van der Waals surface area contributed by atoms with Gasteiger partial charge >= 0.3 is 0 Å². The molecule has 1 aromatic heterocycles. The lowest BCUT2D eigenvalue weighted by molar-refractivity contribution is 0.0613. The predicted molar refractivity (Wildman–Crippen MR) is 77.3 cm³/mol. The number of carbonyl (C=O) groups is 1. The van der Waals surface area contributed by atoms with Gasteiger partial charge in [-0.15, -0.1) is 0 Å². The Kier molecular flexibility index (Phi) is 4.92. The first-order chi connectivity index (χ1) is 9.63. The summed E-state index contributed by atoms with van der Waals surface area (Å²) in [6.45, 7) is 4.18. The molecule has 2 rings (SSSR count). The zero-order chi connectivity index (χ0) is 14.5. The Morgan fingerprint density at radius 3 is 2.80 bits per heavy atom. The first kappa shape index (κ1) is 14.7. The van der Waals surface area contributed by atoms with E-state index in [1.807, 2.05) is 11.8 Å². The van der Waals surface area contributed by atoms with E-state index in [1.165, 1.54) is 0 Å². The summed E-state index contributed by atoms with van der Waals surface area (Å²) in [5.74, 6) is 6.49. The Hall–Kier alpha value is -1.66. The van der Waals surface area contributed by atoms with E-state index in [-0.39, 0.29) is 5.91 Å². The Bertz CT molecular complexity index is 470. The molecule has 0 aliphatic carbocycles. The van der Waals surface area contributed by atoms with Crippen LogP contribution < -0.4 is 11.3 Å². The topological polar surface area (TPSA) is 80.5 Å². The second-order valence-corrected chi connectivity index (χ2v) is 5.22. The molecule has 1 aliphatic rings. The van der Waals surface area contributed by atoms with Crippen LogP contribution in [0.25, 0.3) is 0 Å². The van der Waals surface area contributed by atoms with Gasteiger partial charge in [-0.25, -0.2) is 10.8 Å². The van der Waals surface area contributed by atoms with Crippen LogP contribution in [0.15, 0.2) is 12.1 Å². The smallest absolute Gasteiger partial charge is 0.254 e. The summed E-state index contributed by atoms with van der Waals surface area (Å²) < 4.78 is 5.17. The van der Waals surface area contributed by atoms with Crippen molar-refractivity contribution in [2.24, 2.45) is 11.8 Å². The highest BCUT2D eigenvalue weighted by Crippen LogP contribution is 2.20. The molecule has 0 atom stereocenters. The van der Waals surface area contributed by atoms with E-state index < -0.39 is 0 Å². The molecule has 3 N–H and O–H groups in total. The number of methoxy groups -OCH3 is 1. The minimum atomic E-state index is 0.0443. The van der Waals surface area contributed by atoms with E-state index in [1.54, 1.807) is 19.2 Å². The molecular formula is C14H22N4O2. The van der Waals surface area contributed by atoms with Crippen molar-refractivity contribution in [2.45, 2.75) is 19.8 Å². The summed E-state index contributed by atoms with van der Waals surface area (Å²) in [4.78, 5) is 18.6. The molecule has 1 saturated heterocycles. The molecule has 2 heterocycles. The number of nitrogens with one attached hydrogen (secondary N) is 1. The summed E-state index contributed by atoms with van der Waals surface area (Å²) in [6.07, 6.45) is 1.98. The standard InChI is InChI=1S/C14H22N4O2/c1-10-7-12(8-13(16-10)17-15)14(19)18-5-3-11(4-6-18)9-20-2/h7-8,11H,3-6,9,15H2,1-2H3,(H,16,17). The number of nitrogen functional groups attached to an aromatic ring is 1. The van der Waals surface area contributed by atoms with Crippen LogP contribution in [-0.2, 0) is 4.74 Å². The van der Waals surface area contributed by atoms with Gasteiger partial charge in [-0.05, 0) is 37.8 Å². The fraction of sp³-hybridized carbons (Fsp3) is 0.571. The van der Waals surface area contributed by atoms with E-state index in [0.29, 0.717) is 17.3 Å². The van der Waals surface area contributed by atoms with Crippen molar-refractivity contribution in [1.82, 2.24) is 9.88 Å². The van der Waals surface area contributed by atoms with Gasteiger partial charge in [-0.3, -0.25) is 4.79 Å². The molecule has 1 fully saturated rings. The number of anilines is 1. The molecule has 0 bridgehead atoms. The van der Waals surface area contributed by atoms with Crippen LogP contribution in [0, 0.1) is 12.8 Å². The molecular weight excluding hydrogens is 256 g/mol. The van der Waals surface area contributed by atoms with Crippen molar-refractivity contribution in [3.05, 3.63) is 23.4 Å². The van der Waals surface area contributed by atoms with Crippen molar-refractivity contribution in [3.8, 4) is 0 Å². The van der Waals surface area contributed by atoms with Crippen LogP contribution in [0.2, 0.25) is 0 Å². The number of rotatable bonds is 4. The number of hydrazine groups is 1. The predicted octanol–water partition coefficient (Wildman–Crippen LogP) is 1.17. The zero-order valence-corrected chi connectivity index (χ0v) is 12.1. The molecule has 1 aliphatic heterocycles. The minimum Gasteiger partial charge on any atom is -0.384 e. The highest BCUT2D eigenvalue weighted by Gasteiger charge is 2.24. The number of hydrogen-bond acceptors (Lipinski definition) is 5. The zero-order valence-electron chi connectivity index (χ0n) is 12.1. The number of ether oxygens (including phenoxy) is 1. The fourth-order valence-electron chi connectivity index (χ4n) is 2.59. The summed E-state index contributed by atoms with van der Waals surface area (Å²) in [5.41, 5.74) is 3.90. The van der Waals surface area contributed by atoms with Crippen molar-refractivity contribution >= 4 is 11.7 Å². The quantitative estimate of drug-likeness (QED) is 0.638. The minimum absolute atomic E-state index is 0.0443. The lowest BCUT2D eigenvalue weighted by Crippen LogP contribution is -2.39. The fourth-order valence-corrected chi connectivity index (χ4v) is 2.59. The van der Waals surface area contributed by atoms with Crippen LogP contribution in [0.3, 0.4) is 0 Å². The van der Waals surface area contributed by atoms with Gasteiger partial charge in [0.05, 0.1) is 0 Å². The summed E-state index contributed by atoms with van der Waals surface area (Å²) in [5, 5.41) is 0. The third-order valence-electron chi connectivity index (χ3n) is 3.65. The number of pyridine rings is 1. The van der Waals surface area contributed by atoms with Crippen molar-refractivity contribution in [2.75, 3.05) is 32.2 Å². The summed E-state index contributed by atoms with van der Waals surface area (Å²) in [6, 6.07) is 3.49. The van der Waals surface area contributed by atoms with Gasteiger partial charge in [-0.2, -0.15) is 0 Å². The summed E-state index contributed by atoms with van der Waals surface area (Å²) >= 11 is 0. The Morgan fingerprint density at radius 2 is 2.20 bits per heavy atom. The normalized spacial score (nSPS) is 16.2. The van der Waals surface area contributed by atoms with E-state index in [9.17, 15) is 4.79 Å². The molecule has 20 heavy (non-hydrogen) atoms. The maximum absolute atomic E-state index is 12.5. The monoisotopic (exact) mass is 278 g/mol. The van der Waals surface area contributed by atoms with Gasteiger partial charge < -0.3 is 15.1 Å². The Morgan fingerprint density at radius 1 is 1.50 bits per heavy atom. The van der Waals surface area contributed by atoms with Crippen LogP contribution in [-0.4, -0.2) is 42.6 Å². The second-order valence-electron chi connectivity index (χ2n) is 5.22. The van der Waals surface area contributed by atoms with E-state index in [4.69, 9.17) is 10.6 Å². The molecule has 0 radical (unpaired) electrons. The van der Waals surface area contributed by atoms with Crippen molar-refractivity contribution < 1.29 is 9.53 Å².